The largest absolute Gasteiger partial charge is 0.489 e. The molecule has 1 amide bonds. The quantitative estimate of drug-likeness (QED) is 0.526. The Kier molecular flexibility index (Phi) is 6.83. The normalized spacial score (nSPS) is 17.9. The summed E-state index contributed by atoms with van der Waals surface area (Å²) in [5, 5.41) is 2.99. The summed E-state index contributed by atoms with van der Waals surface area (Å²) in [6.45, 7) is 3.26. The van der Waals surface area contributed by atoms with E-state index in [1.165, 1.54) is 36.4 Å². The third-order valence-corrected chi connectivity index (χ3v) is 7.31. The van der Waals surface area contributed by atoms with E-state index in [1.807, 2.05) is 24.3 Å². The summed E-state index contributed by atoms with van der Waals surface area (Å²) in [6.07, 6.45) is 8.07. The Labute approximate surface area is 194 Å². The lowest BCUT2D eigenvalue weighted by atomic mass is 9.73. The van der Waals surface area contributed by atoms with Crippen molar-refractivity contribution in [3.63, 3.8) is 0 Å². The fourth-order valence-electron chi connectivity index (χ4n) is 4.00. The number of aromatic nitrogens is 2. The van der Waals surface area contributed by atoms with Gasteiger partial charge < -0.3 is 10.1 Å². The molecule has 1 heterocycles. The summed E-state index contributed by atoms with van der Waals surface area (Å²) in [4.78, 5) is 17.0. The Bertz CT molecular complexity index is 1200. The van der Waals surface area contributed by atoms with Gasteiger partial charge in [-0.05, 0) is 66.6 Å². The Balaban J connectivity index is 1.29. The first-order chi connectivity index (χ1) is 15.8. The minimum absolute atomic E-state index is 0.157. The van der Waals surface area contributed by atoms with E-state index in [0.29, 0.717) is 30.5 Å². The highest BCUT2D eigenvalue weighted by atomic mass is 32.2. The molecule has 0 spiro atoms. The lowest BCUT2D eigenvalue weighted by molar-refractivity contribution is 0.181. The van der Waals surface area contributed by atoms with Gasteiger partial charge in [-0.2, -0.15) is 0 Å². The first-order valence-electron chi connectivity index (χ1n) is 11.2. The maximum absolute atomic E-state index is 12.4. The van der Waals surface area contributed by atoms with E-state index in [4.69, 9.17) is 4.74 Å². The van der Waals surface area contributed by atoms with Crippen LogP contribution in [0.15, 0.2) is 66.0 Å². The van der Waals surface area contributed by atoms with Crippen LogP contribution in [-0.4, -0.2) is 36.8 Å². The van der Waals surface area contributed by atoms with Gasteiger partial charge >= 0.3 is 6.03 Å². The number of ether oxygens (including phenoxy) is 1. The lowest BCUT2D eigenvalue weighted by Gasteiger charge is -2.34. The summed E-state index contributed by atoms with van der Waals surface area (Å²) < 4.78 is 30.4. The number of sulfone groups is 1. The van der Waals surface area contributed by atoms with Crippen LogP contribution in [0.25, 0.3) is 11.3 Å². The van der Waals surface area contributed by atoms with Gasteiger partial charge in [0, 0.05) is 24.6 Å². The second kappa shape index (κ2) is 9.79. The fourth-order valence-corrected chi connectivity index (χ4v) is 4.63. The Morgan fingerprint density at radius 1 is 1.09 bits per heavy atom. The summed E-state index contributed by atoms with van der Waals surface area (Å²) in [5.74, 6) is 2.10. The van der Waals surface area contributed by atoms with Crippen LogP contribution in [0, 0.1) is 11.8 Å². The molecular formula is C25H29N3O4S. The number of carbonyl (C=O) groups is 1. The number of rotatable bonds is 8. The third kappa shape index (κ3) is 5.82. The van der Waals surface area contributed by atoms with E-state index in [9.17, 15) is 13.2 Å². The van der Waals surface area contributed by atoms with Gasteiger partial charge in [0.2, 0.25) is 0 Å². The average molecular weight is 468 g/mol. The maximum Gasteiger partial charge on any atom is 0.326 e. The number of hydrogen-bond donors (Lipinski definition) is 1. The molecule has 1 aliphatic carbocycles. The first-order valence-corrected chi connectivity index (χ1v) is 13.1. The van der Waals surface area contributed by atoms with Gasteiger partial charge in [-0.1, -0.05) is 25.5 Å². The molecule has 4 rings (SSSR count). The van der Waals surface area contributed by atoms with Crippen molar-refractivity contribution in [1.82, 2.24) is 14.9 Å². The maximum atomic E-state index is 12.4. The molecule has 0 radical (unpaired) electrons. The number of amides is 1. The Hall–Kier alpha value is -3.13. The van der Waals surface area contributed by atoms with Crippen molar-refractivity contribution in [2.75, 3.05) is 12.8 Å². The van der Waals surface area contributed by atoms with Crippen LogP contribution in [0.2, 0.25) is 0 Å². The molecule has 0 aliphatic heterocycles. The highest BCUT2D eigenvalue weighted by molar-refractivity contribution is 7.90. The highest BCUT2D eigenvalue weighted by Gasteiger charge is 2.27. The Morgan fingerprint density at radius 2 is 1.79 bits per heavy atom. The fraction of sp³-hybridized carbons (Fsp3) is 0.360. The van der Waals surface area contributed by atoms with Crippen molar-refractivity contribution < 1.29 is 17.9 Å². The molecular weight excluding hydrogens is 438 g/mol. The predicted molar refractivity (Wildman–Crippen MR) is 127 cm³/mol. The molecule has 0 unspecified atom stereocenters. The molecule has 1 fully saturated rings. The smallest absolute Gasteiger partial charge is 0.326 e. The monoisotopic (exact) mass is 467 g/mol. The van der Waals surface area contributed by atoms with Crippen LogP contribution in [0.1, 0.15) is 31.7 Å². The van der Waals surface area contributed by atoms with Crippen molar-refractivity contribution in [2.45, 2.75) is 37.7 Å². The zero-order chi connectivity index (χ0) is 23.4. The molecule has 1 N–H and O–H groups in total. The number of nitrogens with one attached hydrogen (secondary N) is 1. The summed E-state index contributed by atoms with van der Waals surface area (Å²) in [6, 6.07) is 14.0. The van der Waals surface area contributed by atoms with Crippen LogP contribution in [0.5, 0.6) is 5.75 Å². The summed E-state index contributed by atoms with van der Waals surface area (Å²) in [7, 11) is -3.20. The van der Waals surface area contributed by atoms with Crippen molar-refractivity contribution >= 4 is 15.9 Å². The molecule has 1 aliphatic rings. The van der Waals surface area contributed by atoms with Gasteiger partial charge in [-0.3, -0.25) is 4.57 Å². The number of hydrogen-bond acceptors (Lipinski definition) is 5. The zero-order valence-corrected chi connectivity index (χ0v) is 19.7. The number of nitrogens with zero attached hydrogens (tertiary/aromatic N) is 2. The van der Waals surface area contributed by atoms with Crippen LogP contribution in [0.3, 0.4) is 0 Å². The lowest BCUT2D eigenvalue weighted by Crippen LogP contribution is -2.37. The van der Waals surface area contributed by atoms with Gasteiger partial charge in [0.25, 0.3) is 0 Å². The highest BCUT2D eigenvalue weighted by Crippen LogP contribution is 2.35. The second-order valence-electron chi connectivity index (χ2n) is 8.69. The minimum Gasteiger partial charge on any atom is -0.489 e. The van der Waals surface area contributed by atoms with Crippen LogP contribution < -0.4 is 10.1 Å². The topological polar surface area (TPSA) is 90.3 Å². The van der Waals surface area contributed by atoms with Gasteiger partial charge in [-0.15, -0.1) is 0 Å². The molecule has 7 nitrogen and oxygen atoms in total. The minimum atomic E-state index is -3.20. The Morgan fingerprint density at radius 3 is 2.42 bits per heavy atom. The molecule has 3 aromatic rings. The zero-order valence-electron chi connectivity index (χ0n) is 18.9. The van der Waals surface area contributed by atoms with E-state index < -0.39 is 9.84 Å². The molecule has 33 heavy (non-hydrogen) atoms. The second-order valence-corrected chi connectivity index (χ2v) is 10.7. The summed E-state index contributed by atoms with van der Waals surface area (Å²) in [5.41, 5.74) is 2.47. The number of imidazole rings is 1. The van der Waals surface area contributed by atoms with E-state index >= 15 is 0 Å². The van der Waals surface area contributed by atoms with E-state index in [1.54, 1.807) is 30.5 Å². The molecule has 2 aromatic carbocycles. The van der Waals surface area contributed by atoms with Crippen molar-refractivity contribution in [2.24, 2.45) is 11.8 Å². The molecule has 1 aromatic heterocycles. The molecule has 174 valence electrons. The standard InChI is InChI=1S/C25H29N3O4S/c1-3-18-12-20(13-18)14-26-25(29)28-15-24(27-17-28)21-6-8-22(9-7-21)32-16-19-4-10-23(11-5-19)33(2,30)31/h4-11,15,17-18,20H,3,12-14,16H2,1-2H3,(H,26,29)/t18-,20-. The molecule has 0 saturated heterocycles. The first kappa shape index (κ1) is 23.0. The van der Waals surface area contributed by atoms with Gasteiger partial charge in [0.1, 0.15) is 18.7 Å². The predicted octanol–water partition coefficient (Wildman–Crippen LogP) is 4.53. The van der Waals surface area contributed by atoms with E-state index in [-0.39, 0.29) is 10.9 Å². The van der Waals surface area contributed by atoms with Gasteiger partial charge in [0.15, 0.2) is 9.84 Å². The number of carbonyl (C=O) groups excluding carboxylic acids is 1. The van der Waals surface area contributed by atoms with Crippen LogP contribution >= 0.6 is 0 Å². The van der Waals surface area contributed by atoms with Crippen LogP contribution in [0.4, 0.5) is 4.79 Å². The number of benzene rings is 2. The van der Waals surface area contributed by atoms with Crippen molar-refractivity contribution in [1.29, 1.82) is 0 Å². The molecule has 1 saturated carbocycles. The van der Waals surface area contributed by atoms with Crippen molar-refractivity contribution in [3.8, 4) is 17.0 Å². The third-order valence-electron chi connectivity index (χ3n) is 6.18. The van der Waals surface area contributed by atoms with E-state index in [0.717, 1.165) is 17.0 Å². The SMILES string of the molecule is CC[C@H]1C[C@H](CNC(=O)n2cnc(-c3ccc(OCc4ccc(S(C)(=O)=O)cc4)cc3)c2)C1. The molecule has 0 bridgehead atoms. The van der Waals surface area contributed by atoms with Crippen molar-refractivity contribution in [3.05, 3.63) is 66.6 Å². The molecule has 0 atom stereocenters. The van der Waals surface area contributed by atoms with E-state index in [2.05, 4.69) is 17.2 Å². The van der Waals surface area contributed by atoms with Crippen LogP contribution in [-0.2, 0) is 16.4 Å². The average Bonchev–Trinajstić information content (AvgIpc) is 3.27. The van der Waals surface area contributed by atoms with Gasteiger partial charge in [-0.25, -0.2) is 18.2 Å². The molecule has 8 heteroatoms. The van der Waals surface area contributed by atoms with Gasteiger partial charge in [0.05, 0.1) is 10.6 Å². The summed E-state index contributed by atoms with van der Waals surface area (Å²) >= 11 is 0.